The van der Waals surface area contributed by atoms with Crippen molar-refractivity contribution in [3.05, 3.63) is 24.0 Å². The van der Waals surface area contributed by atoms with Crippen molar-refractivity contribution in [2.45, 2.75) is 32.7 Å². The number of rotatable bonds is 5. The average Bonchev–Trinajstić information content (AvgIpc) is 3.18. The van der Waals surface area contributed by atoms with E-state index in [0.717, 1.165) is 23.3 Å². The number of hydrogen-bond acceptors (Lipinski definition) is 8. The van der Waals surface area contributed by atoms with E-state index >= 15 is 0 Å². The first-order valence-electron chi connectivity index (χ1n) is 10.8. The van der Waals surface area contributed by atoms with Crippen LogP contribution < -0.4 is 20.7 Å². The average molecular weight is 440 g/mol. The van der Waals surface area contributed by atoms with Gasteiger partial charge >= 0.3 is 6.03 Å². The van der Waals surface area contributed by atoms with Crippen LogP contribution in [-0.2, 0) is 13.5 Å². The van der Waals surface area contributed by atoms with Gasteiger partial charge in [0, 0.05) is 38.8 Å². The van der Waals surface area contributed by atoms with Crippen LogP contribution in [0.2, 0.25) is 0 Å². The molecule has 3 aromatic rings. The van der Waals surface area contributed by atoms with Crippen molar-refractivity contribution in [3.8, 4) is 5.88 Å². The molecule has 11 heteroatoms. The number of carbonyl (C=O) groups is 1. The molecule has 2 amide bonds. The number of nitrogen functional groups attached to an aromatic ring is 1. The molecular formula is C21H29N9O2. The van der Waals surface area contributed by atoms with E-state index in [4.69, 9.17) is 10.5 Å². The topological polar surface area (TPSA) is 127 Å². The summed E-state index contributed by atoms with van der Waals surface area (Å²) < 4.78 is 6.88. The summed E-state index contributed by atoms with van der Waals surface area (Å²) in [5.41, 5.74) is 8.17. The Labute approximate surface area is 186 Å². The number of anilines is 3. The van der Waals surface area contributed by atoms with Gasteiger partial charge in [0.05, 0.1) is 30.1 Å². The largest absolute Gasteiger partial charge is 0.481 e. The van der Waals surface area contributed by atoms with Crippen LogP contribution in [0.5, 0.6) is 5.88 Å². The monoisotopic (exact) mass is 439 g/mol. The summed E-state index contributed by atoms with van der Waals surface area (Å²) in [7, 11) is 3.41. The number of fused-ring (bicyclic) bond motifs is 1. The van der Waals surface area contributed by atoms with Crippen molar-refractivity contribution >= 4 is 34.5 Å². The van der Waals surface area contributed by atoms with Crippen molar-refractivity contribution in [1.29, 1.82) is 0 Å². The van der Waals surface area contributed by atoms with Gasteiger partial charge in [0.25, 0.3) is 0 Å². The molecule has 0 aliphatic carbocycles. The lowest BCUT2D eigenvalue weighted by atomic mass is 10.1. The highest BCUT2D eigenvalue weighted by Gasteiger charge is 2.31. The normalized spacial score (nSPS) is 16.4. The number of aromatic nitrogens is 5. The molecule has 170 valence electrons. The van der Waals surface area contributed by atoms with Gasteiger partial charge in [-0.2, -0.15) is 15.1 Å². The molecule has 0 unspecified atom stereocenters. The smallest absolute Gasteiger partial charge is 0.322 e. The number of nitrogens with zero attached hydrogens (tertiary/aromatic N) is 7. The number of hydrogen-bond donors (Lipinski definition) is 2. The second-order valence-electron chi connectivity index (χ2n) is 7.74. The standard InChI is InChI=1S/C21H29N9O2/c1-5-13-12-29(21(31)25-16-7-8-17(32-4)24-15(16)6-2)9-10-30(13)19-14-11-23-28(3)18(14)26-20(22)27-19/h7-8,11,13H,5-6,9-10,12H2,1-4H3,(H,25,31)(H2,22,26,27)/t13-/m0/s1. The molecule has 3 N–H and O–H groups in total. The molecule has 0 radical (unpaired) electrons. The molecule has 4 rings (SSSR count). The lowest BCUT2D eigenvalue weighted by molar-refractivity contribution is 0.197. The van der Waals surface area contributed by atoms with Gasteiger partial charge in [0.2, 0.25) is 11.8 Å². The second kappa shape index (κ2) is 8.85. The summed E-state index contributed by atoms with van der Waals surface area (Å²) in [5, 5.41) is 8.18. The molecule has 11 nitrogen and oxygen atoms in total. The quantitative estimate of drug-likeness (QED) is 0.618. The Morgan fingerprint density at radius 2 is 2.06 bits per heavy atom. The number of nitrogens with two attached hydrogens (primary N) is 1. The van der Waals surface area contributed by atoms with Gasteiger partial charge in [-0.15, -0.1) is 0 Å². The van der Waals surface area contributed by atoms with Crippen LogP contribution in [0.15, 0.2) is 18.3 Å². The Morgan fingerprint density at radius 1 is 1.25 bits per heavy atom. The highest BCUT2D eigenvalue weighted by molar-refractivity contribution is 5.91. The number of aryl methyl sites for hydroxylation is 2. The van der Waals surface area contributed by atoms with Crippen LogP contribution in [0.1, 0.15) is 26.0 Å². The van der Waals surface area contributed by atoms with E-state index in [2.05, 4.69) is 37.2 Å². The summed E-state index contributed by atoms with van der Waals surface area (Å²) in [5.74, 6) is 1.51. The first kappa shape index (κ1) is 21.6. The van der Waals surface area contributed by atoms with Crippen molar-refractivity contribution in [1.82, 2.24) is 29.6 Å². The van der Waals surface area contributed by atoms with E-state index in [1.54, 1.807) is 24.1 Å². The Kier molecular flexibility index (Phi) is 5.97. The second-order valence-corrected chi connectivity index (χ2v) is 7.74. The highest BCUT2D eigenvalue weighted by atomic mass is 16.5. The number of urea groups is 1. The zero-order valence-corrected chi connectivity index (χ0v) is 18.9. The number of piperazine rings is 1. The van der Waals surface area contributed by atoms with Gasteiger partial charge < -0.3 is 25.6 Å². The third-order valence-electron chi connectivity index (χ3n) is 5.84. The van der Waals surface area contributed by atoms with Crippen LogP contribution in [0, 0.1) is 0 Å². The van der Waals surface area contributed by atoms with Gasteiger partial charge in [-0.3, -0.25) is 4.68 Å². The molecule has 32 heavy (non-hydrogen) atoms. The molecule has 3 aromatic heterocycles. The molecule has 0 spiro atoms. The zero-order valence-electron chi connectivity index (χ0n) is 18.9. The van der Waals surface area contributed by atoms with E-state index < -0.39 is 0 Å². The Hall–Kier alpha value is -3.63. The Morgan fingerprint density at radius 3 is 2.78 bits per heavy atom. The van der Waals surface area contributed by atoms with E-state index in [1.807, 2.05) is 24.9 Å². The first-order chi connectivity index (χ1) is 15.4. The molecule has 1 aliphatic rings. The van der Waals surface area contributed by atoms with Crippen molar-refractivity contribution in [2.75, 3.05) is 42.7 Å². The van der Waals surface area contributed by atoms with Gasteiger partial charge in [-0.25, -0.2) is 9.78 Å². The SMILES string of the molecule is CCc1nc(OC)ccc1NC(=O)N1CCN(c2nc(N)nc3c2cnn3C)[C@@H](CC)C1. The molecule has 1 saturated heterocycles. The minimum atomic E-state index is -0.140. The molecule has 1 atom stereocenters. The molecule has 1 fully saturated rings. The van der Waals surface area contributed by atoms with E-state index in [1.165, 1.54) is 0 Å². The number of pyridine rings is 1. The maximum absolute atomic E-state index is 13.0. The number of carbonyl (C=O) groups excluding carboxylic acids is 1. The number of methoxy groups -OCH3 is 1. The highest BCUT2D eigenvalue weighted by Crippen LogP contribution is 2.29. The molecular weight excluding hydrogens is 410 g/mol. The third kappa shape index (κ3) is 3.97. The molecule has 0 bridgehead atoms. The van der Waals surface area contributed by atoms with Crippen molar-refractivity contribution in [2.24, 2.45) is 7.05 Å². The lowest BCUT2D eigenvalue weighted by Gasteiger charge is -2.42. The number of amides is 2. The molecule has 0 saturated carbocycles. The Bertz CT molecular complexity index is 1130. The third-order valence-corrected chi connectivity index (χ3v) is 5.84. The lowest BCUT2D eigenvalue weighted by Crippen LogP contribution is -2.56. The van der Waals surface area contributed by atoms with E-state index in [-0.39, 0.29) is 18.0 Å². The zero-order chi connectivity index (χ0) is 22.8. The van der Waals surface area contributed by atoms with Gasteiger partial charge in [0.15, 0.2) is 5.65 Å². The number of nitrogens with one attached hydrogen (secondary N) is 1. The molecule has 4 heterocycles. The van der Waals surface area contributed by atoms with Crippen LogP contribution in [0.3, 0.4) is 0 Å². The van der Waals surface area contributed by atoms with Gasteiger partial charge in [-0.1, -0.05) is 13.8 Å². The first-order valence-corrected chi connectivity index (χ1v) is 10.8. The van der Waals surface area contributed by atoms with E-state index in [0.29, 0.717) is 43.3 Å². The maximum atomic E-state index is 13.0. The van der Waals surface area contributed by atoms with Gasteiger partial charge in [-0.05, 0) is 18.9 Å². The maximum Gasteiger partial charge on any atom is 0.322 e. The van der Waals surface area contributed by atoms with Crippen LogP contribution in [0.25, 0.3) is 11.0 Å². The fourth-order valence-corrected chi connectivity index (χ4v) is 4.08. The fraction of sp³-hybridized carbons (Fsp3) is 0.476. The molecule has 0 aromatic carbocycles. The van der Waals surface area contributed by atoms with E-state index in [9.17, 15) is 4.79 Å². The predicted molar refractivity (Wildman–Crippen MR) is 123 cm³/mol. The summed E-state index contributed by atoms with van der Waals surface area (Å²) >= 11 is 0. The fourth-order valence-electron chi connectivity index (χ4n) is 4.08. The van der Waals surface area contributed by atoms with Gasteiger partial charge in [0.1, 0.15) is 5.82 Å². The molecule has 1 aliphatic heterocycles. The summed E-state index contributed by atoms with van der Waals surface area (Å²) in [6, 6.07) is 3.53. The van der Waals surface area contributed by atoms with Crippen molar-refractivity contribution in [3.63, 3.8) is 0 Å². The number of ether oxygens (including phenoxy) is 1. The summed E-state index contributed by atoms with van der Waals surface area (Å²) in [4.78, 5) is 30.3. The summed E-state index contributed by atoms with van der Waals surface area (Å²) in [6.07, 6.45) is 3.30. The van der Waals surface area contributed by atoms with Crippen LogP contribution in [0.4, 0.5) is 22.2 Å². The van der Waals surface area contributed by atoms with Crippen LogP contribution in [-0.4, -0.2) is 68.4 Å². The Balaban J connectivity index is 1.53. The minimum absolute atomic E-state index is 0.0897. The predicted octanol–water partition coefficient (Wildman–Crippen LogP) is 2.04. The van der Waals surface area contributed by atoms with Crippen LogP contribution >= 0.6 is 0 Å². The minimum Gasteiger partial charge on any atom is -0.481 e. The van der Waals surface area contributed by atoms with Crippen molar-refractivity contribution < 1.29 is 9.53 Å². The summed E-state index contributed by atoms with van der Waals surface area (Å²) in [6.45, 7) is 5.86.